The Labute approximate surface area is 75.6 Å². The van der Waals surface area contributed by atoms with Crippen LogP contribution in [-0.4, -0.2) is 27.5 Å². The quantitative estimate of drug-likeness (QED) is 0.697. The Hall–Kier alpha value is -1.62. The van der Waals surface area contributed by atoms with Gasteiger partial charge in [-0.2, -0.15) is 0 Å². The van der Waals surface area contributed by atoms with Crippen LogP contribution in [0.1, 0.15) is 0 Å². The standard InChI is InChI=1S/C8H11N5/c9-1-2-10-7-8-12-4-6-13(8)5-3-11-7/h3-6H,1-2,9H2,(H,10,11). The number of hydrogen-bond donors (Lipinski definition) is 2. The van der Waals surface area contributed by atoms with E-state index in [4.69, 9.17) is 5.73 Å². The van der Waals surface area contributed by atoms with Crippen LogP contribution in [0.4, 0.5) is 5.82 Å². The third-order valence-electron chi connectivity index (χ3n) is 1.75. The van der Waals surface area contributed by atoms with Gasteiger partial charge < -0.3 is 15.5 Å². The molecule has 0 atom stereocenters. The zero-order valence-corrected chi connectivity index (χ0v) is 7.14. The highest BCUT2D eigenvalue weighted by atomic mass is 15.1. The van der Waals surface area contributed by atoms with Crippen LogP contribution >= 0.6 is 0 Å². The topological polar surface area (TPSA) is 68.2 Å². The maximum absolute atomic E-state index is 5.38. The zero-order valence-electron chi connectivity index (χ0n) is 7.14. The molecule has 0 fully saturated rings. The van der Waals surface area contributed by atoms with Gasteiger partial charge in [0.25, 0.3) is 0 Å². The average molecular weight is 177 g/mol. The lowest BCUT2D eigenvalue weighted by molar-refractivity contribution is 1.00. The summed E-state index contributed by atoms with van der Waals surface area (Å²) >= 11 is 0. The van der Waals surface area contributed by atoms with E-state index >= 15 is 0 Å². The highest BCUT2D eigenvalue weighted by Gasteiger charge is 2.00. The summed E-state index contributed by atoms with van der Waals surface area (Å²) in [5.41, 5.74) is 6.21. The second kappa shape index (κ2) is 3.40. The summed E-state index contributed by atoms with van der Waals surface area (Å²) in [6, 6.07) is 0. The van der Waals surface area contributed by atoms with Crippen LogP contribution in [0.3, 0.4) is 0 Å². The van der Waals surface area contributed by atoms with E-state index in [2.05, 4.69) is 15.3 Å². The fourth-order valence-electron chi connectivity index (χ4n) is 1.17. The number of nitrogens with two attached hydrogens (primary N) is 1. The minimum atomic E-state index is 0.587. The van der Waals surface area contributed by atoms with Crippen molar-refractivity contribution in [3.63, 3.8) is 0 Å². The molecule has 0 saturated carbocycles. The molecule has 0 aromatic carbocycles. The average Bonchev–Trinajstić information content (AvgIpc) is 2.62. The van der Waals surface area contributed by atoms with Crippen molar-refractivity contribution >= 4 is 11.5 Å². The fourth-order valence-corrected chi connectivity index (χ4v) is 1.17. The Morgan fingerprint density at radius 3 is 2.85 bits per heavy atom. The van der Waals surface area contributed by atoms with E-state index in [1.807, 2.05) is 16.8 Å². The minimum absolute atomic E-state index is 0.587. The van der Waals surface area contributed by atoms with E-state index in [1.165, 1.54) is 0 Å². The lowest BCUT2D eigenvalue weighted by Crippen LogP contribution is -2.14. The SMILES string of the molecule is NCCNc1nccn2ccnc12. The van der Waals surface area contributed by atoms with Crippen molar-refractivity contribution < 1.29 is 0 Å². The van der Waals surface area contributed by atoms with Gasteiger partial charge >= 0.3 is 0 Å². The van der Waals surface area contributed by atoms with E-state index in [-0.39, 0.29) is 0 Å². The number of hydrogen-bond acceptors (Lipinski definition) is 4. The van der Waals surface area contributed by atoms with Gasteiger partial charge in [0.2, 0.25) is 0 Å². The molecule has 0 aliphatic rings. The van der Waals surface area contributed by atoms with Crippen LogP contribution in [0.2, 0.25) is 0 Å². The summed E-state index contributed by atoms with van der Waals surface area (Å²) in [4.78, 5) is 8.34. The predicted molar refractivity (Wildman–Crippen MR) is 50.5 cm³/mol. The molecule has 0 amide bonds. The van der Waals surface area contributed by atoms with Crippen LogP contribution in [0, 0.1) is 0 Å². The van der Waals surface area contributed by atoms with Crippen molar-refractivity contribution in [2.75, 3.05) is 18.4 Å². The predicted octanol–water partition coefficient (Wildman–Crippen LogP) is 0.0999. The van der Waals surface area contributed by atoms with Crippen LogP contribution in [0.25, 0.3) is 5.65 Å². The molecule has 2 heterocycles. The first-order valence-corrected chi connectivity index (χ1v) is 4.13. The Morgan fingerprint density at radius 1 is 1.31 bits per heavy atom. The third-order valence-corrected chi connectivity index (χ3v) is 1.75. The molecule has 68 valence electrons. The van der Waals surface area contributed by atoms with Crippen molar-refractivity contribution in [3.05, 3.63) is 24.8 Å². The summed E-state index contributed by atoms with van der Waals surface area (Å²) in [5.74, 6) is 0.776. The molecule has 0 saturated heterocycles. The van der Waals surface area contributed by atoms with Crippen molar-refractivity contribution in [3.8, 4) is 0 Å². The summed E-state index contributed by atoms with van der Waals surface area (Å²) < 4.78 is 1.91. The molecule has 0 spiro atoms. The molecule has 0 aliphatic carbocycles. The first-order valence-electron chi connectivity index (χ1n) is 4.13. The van der Waals surface area contributed by atoms with Crippen molar-refractivity contribution in [1.29, 1.82) is 0 Å². The van der Waals surface area contributed by atoms with E-state index in [0.717, 1.165) is 11.5 Å². The largest absolute Gasteiger partial charge is 0.366 e. The number of imidazole rings is 1. The fraction of sp³-hybridized carbons (Fsp3) is 0.250. The summed E-state index contributed by atoms with van der Waals surface area (Å²) in [6.45, 7) is 1.29. The number of fused-ring (bicyclic) bond motifs is 1. The molecule has 2 aromatic heterocycles. The molecule has 3 N–H and O–H groups in total. The Bertz CT molecular complexity index is 394. The number of anilines is 1. The van der Waals surface area contributed by atoms with Gasteiger partial charge in [-0.1, -0.05) is 0 Å². The van der Waals surface area contributed by atoms with Gasteiger partial charge in [-0.3, -0.25) is 0 Å². The number of nitrogens with one attached hydrogen (secondary N) is 1. The maximum Gasteiger partial charge on any atom is 0.180 e. The van der Waals surface area contributed by atoms with E-state index in [9.17, 15) is 0 Å². The normalized spacial score (nSPS) is 10.5. The molecule has 5 nitrogen and oxygen atoms in total. The molecular formula is C8H11N5. The van der Waals surface area contributed by atoms with Gasteiger partial charge in [0.05, 0.1) is 0 Å². The van der Waals surface area contributed by atoms with Gasteiger partial charge in [0, 0.05) is 37.9 Å². The van der Waals surface area contributed by atoms with Crippen molar-refractivity contribution in [2.24, 2.45) is 5.73 Å². The van der Waals surface area contributed by atoms with E-state index in [1.54, 1.807) is 12.4 Å². The molecule has 5 heteroatoms. The van der Waals surface area contributed by atoms with Gasteiger partial charge in [-0.05, 0) is 0 Å². The lowest BCUT2D eigenvalue weighted by Gasteiger charge is -2.03. The second-order valence-electron chi connectivity index (χ2n) is 2.65. The maximum atomic E-state index is 5.38. The smallest absolute Gasteiger partial charge is 0.180 e. The first-order chi connectivity index (χ1) is 6.42. The van der Waals surface area contributed by atoms with E-state index in [0.29, 0.717) is 13.1 Å². The summed E-state index contributed by atoms with van der Waals surface area (Å²) in [7, 11) is 0. The van der Waals surface area contributed by atoms with Crippen LogP contribution < -0.4 is 11.1 Å². The molecule has 0 radical (unpaired) electrons. The number of nitrogens with zero attached hydrogens (tertiary/aromatic N) is 3. The van der Waals surface area contributed by atoms with E-state index < -0.39 is 0 Å². The Kier molecular flexibility index (Phi) is 2.09. The summed E-state index contributed by atoms with van der Waals surface area (Å²) in [6.07, 6.45) is 7.21. The number of aromatic nitrogens is 3. The number of rotatable bonds is 3. The summed E-state index contributed by atoms with van der Waals surface area (Å²) in [5, 5.41) is 3.10. The zero-order chi connectivity index (χ0) is 9.10. The highest BCUT2D eigenvalue weighted by molar-refractivity contribution is 5.61. The van der Waals surface area contributed by atoms with Crippen LogP contribution in [0.15, 0.2) is 24.8 Å². The minimum Gasteiger partial charge on any atom is -0.366 e. The highest BCUT2D eigenvalue weighted by Crippen LogP contribution is 2.09. The van der Waals surface area contributed by atoms with Gasteiger partial charge in [-0.25, -0.2) is 9.97 Å². The molecule has 0 aliphatic heterocycles. The van der Waals surface area contributed by atoms with Crippen LogP contribution in [-0.2, 0) is 0 Å². The van der Waals surface area contributed by atoms with Crippen molar-refractivity contribution in [1.82, 2.24) is 14.4 Å². The second-order valence-corrected chi connectivity index (χ2v) is 2.65. The van der Waals surface area contributed by atoms with Crippen molar-refractivity contribution in [2.45, 2.75) is 0 Å². The first kappa shape index (κ1) is 8.00. The van der Waals surface area contributed by atoms with Crippen LogP contribution in [0.5, 0.6) is 0 Å². The Morgan fingerprint density at radius 2 is 2.08 bits per heavy atom. The lowest BCUT2D eigenvalue weighted by atomic mass is 10.5. The van der Waals surface area contributed by atoms with Gasteiger partial charge in [0.15, 0.2) is 11.5 Å². The monoisotopic (exact) mass is 177 g/mol. The molecular weight excluding hydrogens is 166 g/mol. The molecule has 13 heavy (non-hydrogen) atoms. The third kappa shape index (κ3) is 1.46. The van der Waals surface area contributed by atoms with Gasteiger partial charge in [-0.15, -0.1) is 0 Å². The molecule has 0 unspecified atom stereocenters. The molecule has 0 bridgehead atoms. The Balaban J connectivity index is 2.37. The molecule has 2 aromatic rings. The van der Waals surface area contributed by atoms with Gasteiger partial charge in [0.1, 0.15) is 0 Å². The molecule has 2 rings (SSSR count).